The van der Waals surface area contributed by atoms with Crippen LogP contribution in [0, 0.1) is 16.7 Å². The van der Waals surface area contributed by atoms with Crippen LogP contribution < -0.4 is 11.5 Å². The van der Waals surface area contributed by atoms with E-state index in [-0.39, 0.29) is 23.6 Å². The van der Waals surface area contributed by atoms with Crippen molar-refractivity contribution in [1.29, 1.82) is 0 Å². The molecule has 0 aliphatic rings. The van der Waals surface area contributed by atoms with E-state index < -0.39 is 0 Å². The van der Waals surface area contributed by atoms with E-state index in [9.17, 15) is 0 Å². The lowest BCUT2D eigenvalue weighted by Gasteiger charge is -2.38. The average molecular weight is 282 g/mol. The first kappa shape index (κ1) is 19.4. The van der Waals surface area contributed by atoms with Crippen LogP contribution in [0.4, 0.5) is 0 Å². The number of hydrogen-bond donors (Lipinski definition) is 2. The van der Waals surface area contributed by atoms with Gasteiger partial charge in [0.1, 0.15) is 0 Å². The standard InChI is InChI=1S/C17H34N2O/c1-16(2,3)15(17(4,5)6)10-8-7-9-14(19)11-12-20-13-18/h7-10,14-15H,11-13,18-19H2,1-6H3/b9-7+,10-8+. The van der Waals surface area contributed by atoms with Crippen molar-refractivity contribution in [1.82, 2.24) is 0 Å². The van der Waals surface area contributed by atoms with Gasteiger partial charge >= 0.3 is 0 Å². The zero-order valence-electron chi connectivity index (χ0n) is 14.1. The Morgan fingerprint density at radius 3 is 1.90 bits per heavy atom. The molecule has 1 atom stereocenters. The quantitative estimate of drug-likeness (QED) is 0.427. The van der Waals surface area contributed by atoms with Crippen LogP contribution in [0.5, 0.6) is 0 Å². The molecule has 0 fully saturated rings. The highest BCUT2D eigenvalue weighted by atomic mass is 16.5. The first-order valence-electron chi connectivity index (χ1n) is 7.47. The lowest BCUT2D eigenvalue weighted by molar-refractivity contribution is 0.136. The van der Waals surface area contributed by atoms with Gasteiger partial charge in [-0.1, -0.05) is 65.8 Å². The molecule has 20 heavy (non-hydrogen) atoms. The Kier molecular flexibility index (Phi) is 8.33. The van der Waals surface area contributed by atoms with Gasteiger partial charge in [0.15, 0.2) is 0 Å². The number of rotatable bonds is 7. The van der Waals surface area contributed by atoms with Crippen molar-refractivity contribution < 1.29 is 4.74 Å². The van der Waals surface area contributed by atoms with Gasteiger partial charge in [0.2, 0.25) is 0 Å². The molecule has 0 rings (SSSR count). The van der Waals surface area contributed by atoms with Crippen LogP contribution in [0.25, 0.3) is 0 Å². The van der Waals surface area contributed by atoms with Crippen LogP contribution >= 0.6 is 0 Å². The van der Waals surface area contributed by atoms with Gasteiger partial charge in [0, 0.05) is 6.04 Å². The highest BCUT2D eigenvalue weighted by Gasteiger charge is 2.32. The molecule has 0 radical (unpaired) electrons. The van der Waals surface area contributed by atoms with Crippen LogP contribution in [0.1, 0.15) is 48.0 Å². The SMILES string of the molecule is CC(C)(C)C(/C=C/C=C/C(N)CCOCN)C(C)(C)C. The number of nitrogens with two attached hydrogens (primary N) is 2. The Bertz CT molecular complexity index is 294. The molecule has 0 amide bonds. The fourth-order valence-corrected chi connectivity index (χ4v) is 2.66. The van der Waals surface area contributed by atoms with Gasteiger partial charge in [0.05, 0.1) is 13.3 Å². The maximum atomic E-state index is 5.96. The third-order valence-electron chi connectivity index (χ3n) is 3.35. The molecular formula is C17H34N2O. The summed E-state index contributed by atoms with van der Waals surface area (Å²) in [6, 6.07) is 0.0222. The summed E-state index contributed by atoms with van der Waals surface area (Å²) in [6.07, 6.45) is 9.25. The Balaban J connectivity index is 4.45. The molecule has 0 aliphatic carbocycles. The van der Waals surface area contributed by atoms with E-state index in [1.54, 1.807) is 0 Å². The molecule has 0 aliphatic heterocycles. The summed E-state index contributed by atoms with van der Waals surface area (Å²) in [6.45, 7) is 14.6. The Hall–Kier alpha value is -0.640. The van der Waals surface area contributed by atoms with Crippen LogP contribution in [0.3, 0.4) is 0 Å². The number of ether oxygens (including phenoxy) is 1. The summed E-state index contributed by atoms with van der Waals surface area (Å²) < 4.78 is 5.08. The monoisotopic (exact) mass is 282 g/mol. The normalized spacial score (nSPS) is 15.7. The smallest absolute Gasteiger partial charge is 0.0940 e. The lowest BCUT2D eigenvalue weighted by Crippen LogP contribution is -2.30. The highest BCUT2D eigenvalue weighted by Crippen LogP contribution is 2.40. The molecule has 118 valence electrons. The molecule has 3 heteroatoms. The van der Waals surface area contributed by atoms with Crippen molar-refractivity contribution in [2.75, 3.05) is 13.3 Å². The summed E-state index contributed by atoms with van der Waals surface area (Å²) in [5.74, 6) is 0.511. The van der Waals surface area contributed by atoms with E-state index in [0.717, 1.165) is 6.42 Å². The molecule has 3 nitrogen and oxygen atoms in total. The highest BCUT2D eigenvalue weighted by molar-refractivity contribution is 5.10. The fourth-order valence-electron chi connectivity index (χ4n) is 2.66. The molecule has 4 N–H and O–H groups in total. The van der Waals surface area contributed by atoms with Gasteiger partial charge in [0.25, 0.3) is 0 Å². The van der Waals surface area contributed by atoms with Crippen LogP contribution in [0.15, 0.2) is 24.3 Å². The molecule has 0 heterocycles. The molecular weight excluding hydrogens is 248 g/mol. The minimum atomic E-state index is 0.0222. The molecule has 0 bridgehead atoms. The molecule has 0 aromatic heterocycles. The molecule has 0 aromatic carbocycles. The summed E-state index contributed by atoms with van der Waals surface area (Å²) in [5.41, 5.74) is 11.7. The van der Waals surface area contributed by atoms with E-state index in [4.69, 9.17) is 16.2 Å². The Morgan fingerprint density at radius 2 is 1.45 bits per heavy atom. The third-order valence-corrected chi connectivity index (χ3v) is 3.35. The largest absolute Gasteiger partial charge is 0.366 e. The topological polar surface area (TPSA) is 61.3 Å². The molecule has 0 spiro atoms. The Morgan fingerprint density at radius 1 is 0.950 bits per heavy atom. The molecule has 0 saturated carbocycles. The first-order valence-corrected chi connectivity index (χ1v) is 7.47. The molecule has 0 aromatic rings. The van der Waals surface area contributed by atoms with Gasteiger partial charge in [-0.3, -0.25) is 0 Å². The second-order valence-corrected chi connectivity index (χ2v) is 7.51. The van der Waals surface area contributed by atoms with Crippen molar-refractivity contribution >= 4 is 0 Å². The third kappa shape index (κ3) is 8.51. The van der Waals surface area contributed by atoms with Crippen molar-refractivity contribution in [3.8, 4) is 0 Å². The summed E-state index contributed by atoms with van der Waals surface area (Å²) in [5, 5.41) is 0. The van der Waals surface area contributed by atoms with E-state index in [0.29, 0.717) is 12.5 Å². The van der Waals surface area contributed by atoms with Gasteiger partial charge in [-0.2, -0.15) is 0 Å². The van der Waals surface area contributed by atoms with Crippen molar-refractivity contribution in [3.63, 3.8) is 0 Å². The van der Waals surface area contributed by atoms with Crippen LogP contribution in [0.2, 0.25) is 0 Å². The van der Waals surface area contributed by atoms with Gasteiger partial charge in [-0.05, 0) is 23.2 Å². The van der Waals surface area contributed by atoms with Crippen LogP contribution in [-0.2, 0) is 4.74 Å². The second-order valence-electron chi connectivity index (χ2n) is 7.51. The zero-order chi connectivity index (χ0) is 15.8. The van der Waals surface area contributed by atoms with Gasteiger partial charge in [-0.15, -0.1) is 0 Å². The second kappa shape index (κ2) is 8.60. The minimum absolute atomic E-state index is 0.0222. The minimum Gasteiger partial charge on any atom is -0.366 e. The number of hydrogen-bond acceptors (Lipinski definition) is 3. The van der Waals surface area contributed by atoms with E-state index in [2.05, 4.69) is 53.7 Å². The fraction of sp³-hybridized carbons (Fsp3) is 0.765. The summed E-state index contributed by atoms with van der Waals surface area (Å²) in [4.78, 5) is 0. The average Bonchev–Trinajstić information content (AvgIpc) is 2.25. The predicted octanol–water partition coefficient (Wildman–Crippen LogP) is 3.46. The van der Waals surface area contributed by atoms with Crippen molar-refractivity contribution in [3.05, 3.63) is 24.3 Å². The van der Waals surface area contributed by atoms with Gasteiger partial charge in [-0.25, -0.2) is 0 Å². The van der Waals surface area contributed by atoms with Crippen molar-refractivity contribution in [2.24, 2.45) is 28.2 Å². The summed E-state index contributed by atoms with van der Waals surface area (Å²) in [7, 11) is 0. The lowest BCUT2D eigenvalue weighted by atomic mass is 9.66. The predicted molar refractivity (Wildman–Crippen MR) is 88.3 cm³/mol. The maximum absolute atomic E-state index is 5.96. The summed E-state index contributed by atoms with van der Waals surface area (Å²) >= 11 is 0. The molecule has 0 saturated heterocycles. The molecule has 1 unspecified atom stereocenters. The van der Waals surface area contributed by atoms with E-state index in [1.807, 2.05) is 12.2 Å². The number of allylic oxidation sites excluding steroid dienone is 3. The van der Waals surface area contributed by atoms with Crippen LogP contribution in [-0.4, -0.2) is 19.4 Å². The first-order chi connectivity index (χ1) is 9.09. The Labute approximate surface area is 125 Å². The van der Waals surface area contributed by atoms with E-state index in [1.165, 1.54) is 0 Å². The van der Waals surface area contributed by atoms with E-state index >= 15 is 0 Å². The maximum Gasteiger partial charge on any atom is 0.0940 e. The van der Waals surface area contributed by atoms with Crippen molar-refractivity contribution in [2.45, 2.75) is 54.0 Å². The zero-order valence-corrected chi connectivity index (χ0v) is 14.1. The van der Waals surface area contributed by atoms with Gasteiger partial charge < -0.3 is 16.2 Å².